The summed E-state index contributed by atoms with van der Waals surface area (Å²) in [4.78, 5) is 21.9. The molecule has 1 unspecified atom stereocenters. The zero-order chi connectivity index (χ0) is 12.1. The van der Waals surface area contributed by atoms with Gasteiger partial charge in [-0.1, -0.05) is 0 Å². The van der Waals surface area contributed by atoms with E-state index in [4.69, 9.17) is 17.3 Å². The Labute approximate surface area is 89.0 Å². The van der Waals surface area contributed by atoms with Gasteiger partial charge in [0.15, 0.2) is 0 Å². The number of carbonyl (C=O) groups is 2. The maximum Gasteiger partial charge on any atom is 0.305 e. The van der Waals surface area contributed by atoms with Crippen molar-refractivity contribution in [2.24, 2.45) is 5.73 Å². The van der Waals surface area contributed by atoms with Crippen LogP contribution in [0.25, 0.3) is 0 Å². The summed E-state index contributed by atoms with van der Waals surface area (Å²) in [6.45, 7) is 3.23. The van der Waals surface area contributed by atoms with Gasteiger partial charge in [0.1, 0.15) is 0 Å². The Hall–Kier alpha value is -1.54. The number of aliphatic carboxylic acids is 1. The summed E-state index contributed by atoms with van der Waals surface area (Å²) >= 11 is 0. The third kappa shape index (κ3) is 5.70. The topological polar surface area (TPSA) is 92.4 Å². The predicted molar refractivity (Wildman–Crippen MR) is 55.9 cm³/mol. The lowest BCUT2D eigenvalue weighted by Gasteiger charge is -2.25. The summed E-state index contributed by atoms with van der Waals surface area (Å²) in [5, 5.41) is 11.1. The SMILES string of the molecule is C#CCC(N)C(=O)NC(C)(C)CC(=O)O. The Balaban J connectivity index is 4.27. The van der Waals surface area contributed by atoms with Gasteiger partial charge in [-0.15, -0.1) is 12.3 Å². The van der Waals surface area contributed by atoms with Crippen LogP contribution < -0.4 is 11.1 Å². The number of hydrogen-bond donors (Lipinski definition) is 3. The fourth-order valence-corrected chi connectivity index (χ4v) is 1.07. The van der Waals surface area contributed by atoms with Crippen molar-refractivity contribution in [1.29, 1.82) is 0 Å². The molecule has 0 radical (unpaired) electrons. The summed E-state index contributed by atoms with van der Waals surface area (Å²) in [5.41, 5.74) is 4.64. The van der Waals surface area contributed by atoms with E-state index >= 15 is 0 Å². The van der Waals surface area contributed by atoms with Gasteiger partial charge in [0.25, 0.3) is 0 Å². The number of hydrogen-bond acceptors (Lipinski definition) is 3. The zero-order valence-electron chi connectivity index (χ0n) is 8.91. The summed E-state index contributed by atoms with van der Waals surface area (Å²) in [6, 6.07) is -0.789. The molecule has 0 aliphatic carbocycles. The molecular formula is C10H16N2O3. The van der Waals surface area contributed by atoms with E-state index in [0.29, 0.717) is 0 Å². The van der Waals surface area contributed by atoms with E-state index in [-0.39, 0.29) is 12.8 Å². The van der Waals surface area contributed by atoms with Crippen LogP contribution in [0.3, 0.4) is 0 Å². The maximum absolute atomic E-state index is 11.4. The summed E-state index contributed by atoms with van der Waals surface area (Å²) in [5.74, 6) is 0.861. The summed E-state index contributed by atoms with van der Waals surface area (Å²) in [7, 11) is 0. The quantitative estimate of drug-likeness (QED) is 0.546. The van der Waals surface area contributed by atoms with Crippen molar-refractivity contribution in [1.82, 2.24) is 5.32 Å². The normalized spacial score (nSPS) is 12.7. The number of carboxylic acids is 1. The van der Waals surface area contributed by atoms with Crippen LogP contribution in [0.5, 0.6) is 0 Å². The van der Waals surface area contributed by atoms with E-state index in [9.17, 15) is 9.59 Å². The van der Waals surface area contributed by atoms with Crippen molar-refractivity contribution in [2.45, 2.75) is 38.3 Å². The van der Waals surface area contributed by atoms with Gasteiger partial charge in [0.05, 0.1) is 12.5 Å². The zero-order valence-corrected chi connectivity index (χ0v) is 8.91. The van der Waals surface area contributed by atoms with Crippen LogP contribution in [0.4, 0.5) is 0 Å². The third-order valence-electron chi connectivity index (χ3n) is 1.73. The van der Waals surface area contributed by atoms with E-state index in [1.807, 2.05) is 0 Å². The lowest BCUT2D eigenvalue weighted by atomic mass is 10.00. The molecule has 0 aromatic carbocycles. The number of carboxylic acid groups (broad SMARTS) is 1. The molecule has 5 heteroatoms. The van der Waals surface area contributed by atoms with E-state index in [1.54, 1.807) is 13.8 Å². The van der Waals surface area contributed by atoms with Gasteiger partial charge >= 0.3 is 5.97 Å². The molecule has 4 N–H and O–H groups in total. The molecule has 0 fully saturated rings. The Morgan fingerprint density at radius 1 is 1.60 bits per heavy atom. The van der Waals surface area contributed by atoms with Crippen molar-refractivity contribution >= 4 is 11.9 Å². The number of rotatable bonds is 5. The first-order chi connectivity index (χ1) is 6.78. The minimum atomic E-state index is -0.981. The lowest BCUT2D eigenvalue weighted by molar-refractivity contribution is -0.138. The smallest absolute Gasteiger partial charge is 0.305 e. The fraction of sp³-hybridized carbons (Fsp3) is 0.600. The van der Waals surface area contributed by atoms with Crippen LogP contribution in [0, 0.1) is 12.3 Å². The molecule has 0 saturated heterocycles. The standard InChI is InChI=1S/C10H16N2O3/c1-4-5-7(11)9(15)12-10(2,3)6-8(13)14/h1,7H,5-6,11H2,2-3H3,(H,12,15)(H,13,14). The van der Waals surface area contributed by atoms with E-state index in [1.165, 1.54) is 0 Å². The Morgan fingerprint density at radius 2 is 2.13 bits per heavy atom. The molecule has 1 amide bonds. The molecule has 0 aliphatic rings. The molecule has 0 aromatic heterocycles. The van der Waals surface area contributed by atoms with Crippen molar-refractivity contribution in [3.8, 4) is 12.3 Å². The number of nitrogens with two attached hydrogens (primary N) is 1. The van der Waals surface area contributed by atoms with E-state index < -0.39 is 23.5 Å². The van der Waals surface area contributed by atoms with Crippen LogP contribution in [0.1, 0.15) is 26.7 Å². The van der Waals surface area contributed by atoms with Crippen LogP contribution in [0.15, 0.2) is 0 Å². The van der Waals surface area contributed by atoms with Crippen LogP contribution in [-0.4, -0.2) is 28.6 Å². The second kappa shape index (κ2) is 5.37. The van der Waals surface area contributed by atoms with Crippen molar-refractivity contribution in [3.63, 3.8) is 0 Å². The summed E-state index contributed by atoms with van der Waals surface area (Å²) < 4.78 is 0. The Kier molecular flexibility index (Phi) is 4.82. The first-order valence-corrected chi connectivity index (χ1v) is 4.51. The first-order valence-electron chi connectivity index (χ1n) is 4.51. The van der Waals surface area contributed by atoms with Gasteiger partial charge in [0.2, 0.25) is 5.91 Å². The molecule has 1 atom stereocenters. The summed E-state index contributed by atoms with van der Waals surface area (Å²) in [6.07, 6.45) is 4.98. The predicted octanol–water partition coefficient (Wildman–Crippen LogP) is -0.293. The highest BCUT2D eigenvalue weighted by molar-refractivity contribution is 5.83. The molecule has 5 nitrogen and oxygen atoms in total. The van der Waals surface area contributed by atoms with Crippen LogP contribution in [0.2, 0.25) is 0 Å². The van der Waals surface area contributed by atoms with Gasteiger partial charge in [-0.2, -0.15) is 0 Å². The average Bonchev–Trinajstić information content (AvgIpc) is 2.00. The highest BCUT2D eigenvalue weighted by Crippen LogP contribution is 2.08. The second-order valence-corrected chi connectivity index (χ2v) is 3.96. The molecule has 84 valence electrons. The molecule has 0 aromatic rings. The van der Waals surface area contributed by atoms with Crippen LogP contribution in [-0.2, 0) is 9.59 Å². The first kappa shape index (κ1) is 13.5. The average molecular weight is 212 g/mol. The highest BCUT2D eigenvalue weighted by atomic mass is 16.4. The Morgan fingerprint density at radius 3 is 2.53 bits per heavy atom. The largest absolute Gasteiger partial charge is 0.481 e. The molecule has 0 saturated carbocycles. The molecule has 0 bridgehead atoms. The van der Waals surface area contributed by atoms with Gasteiger partial charge in [0, 0.05) is 12.0 Å². The maximum atomic E-state index is 11.4. The van der Waals surface area contributed by atoms with Crippen molar-refractivity contribution in [3.05, 3.63) is 0 Å². The molecular weight excluding hydrogens is 196 g/mol. The van der Waals surface area contributed by atoms with Gasteiger partial charge in [-0.05, 0) is 13.8 Å². The number of nitrogens with one attached hydrogen (secondary N) is 1. The monoisotopic (exact) mass is 212 g/mol. The number of amides is 1. The second-order valence-electron chi connectivity index (χ2n) is 3.96. The van der Waals surface area contributed by atoms with Crippen LogP contribution >= 0.6 is 0 Å². The highest BCUT2D eigenvalue weighted by Gasteiger charge is 2.25. The van der Waals surface area contributed by atoms with Crippen molar-refractivity contribution in [2.75, 3.05) is 0 Å². The molecule has 0 rings (SSSR count). The number of carbonyl (C=O) groups excluding carboxylic acids is 1. The van der Waals surface area contributed by atoms with E-state index in [2.05, 4.69) is 11.2 Å². The molecule has 0 spiro atoms. The Bertz CT molecular complexity index is 292. The number of terminal acetylenes is 1. The minimum Gasteiger partial charge on any atom is -0.481 e. The molecule has 15 heavy (non-hydrogen) atoms. The third-order valence-corrected chi connectivity index (χ3v) is 1.73. The van der Waals surface area contributed by atoms with Crippen molar-refractivity contribution < 1.29 is 14.7 Å². The lowest BCUT2D eigenvalue weighted by Crippen LogP contribution is -2.51. The van der Waals surface area contributed by atoms with E-state index in [0.717, 1.165) is 0 Å². The van der Waals surface area contributed by atoms with Gasteiger partial charge < -0.3 is 16.2 Å². The minimum absolute atomic E-state index is 0.134. The molecule has 0 aliphatic heterocycles. The molecule has 0 heterocycles. The van der Waals surface area contributed by atoms with Gasteiger partial charge in [-0.25, -0.2) is 0 Å². The fourth-order valence-electron chi connectivity index (χ4n) is 1.07. The van der Waals surface area contributed by atoms with Gasteiger partial charge in [-0.3, -0.25) is 9.59 Å².